The Bertz CT molecular complexity index is 701. The van der Waals surface area contributed by atoms with Crippen LogP contribution in [0.5, 0.6) is 0 Å². The molecule has 0 spiro atoms. The second-order valence-electron chi connectivity index (χ2n) is 4.09. The first-order valence-corrected chi connectivity index (χ1v) is 7.22. The Morgan fingerprint density at radius 3 is 2.67 bits per heavy atom. The molecule has 0 atom stereocenters. The predicted molar refractivity (Wildman–Crippen MR) is 78.4 cm³/mol. The first-order chi connectivity index (χ1) is 9.88. The number of anilines is 1. The zero-order valence-corrected chi connectivity index (χ0v) is 12.6. The predicted octanol–water partition coefficient (Wildman–Crippen LogP) is 2.36. The second kappa shape index (κ2) is 6.06. The summed E-state index contributed by atoms with van der Waals surface area (Å²) in [6.07, 6.45) is 0. The lowest BCUT2D eigenvalue weighted by atomic mass is 10.2. The van der Waals surface area contributed by atoms with Crippen LogP contribution in [0.15, 0.2) is 27.4 Å². The third kappa shape index (κ3) is 3.47. The molecule has 0 radical (unpaired) electrons. The number of hydrogen-bond acceptors (Lipinski definition) is 8. The summed E-state index contributed by atoms with van der Waals surface area (Å²) in [4.78, 5) is 23.5. The molecule has 0 saturated carbocycles. The summed E-state index contributed by atoms with van der Waals surface area (Å²) in [5.41, 5.74) is -0.390. The lowest BCUT2D eigenvalue weighted by Gasteiger charge is -2.04. The van der Waals surface area contributed by atoms with Gasteiger partial charge in [-0.25, -0.2) is 4.79 Å². The fourth-order valence-electron chi connectivity index (χ4n) is 1.41. The molecule has 2 aromatic rings. The van der Waals surface area contributed by atoms with Crippen molar-refractivity contribution in [1.82, 2.24) is 10.2 Å². The average molecular weight is 326 g/mol. The molecule has 10 heteroatoms. The summed E-state index contributed by atoms with van der Waals surface area (Å²) in [5, 5.41) is 28.5. The SMILES string of the molecule is CN(C)c1nnc(Sc2ccc([N+](=O)[O-])cc2C(=O)O)s1. The maximum atomic E-state index is 11.2. The van der Waals surface area contributed by atoms with Gasteiger partial charge in [-0.3, -0.25) is 10.1 Å². The first kappa shape index (κ1) is 15.2. The van der Waals surface area contributed by atoms with Gasteiger partial charge in [-0.15, -0.1) is 10.2 Å². The Kier molecular flexibility index (Phi) is 4.38. The standard InChI is InChI=1S/C11H10N4O4S2/c1-14(2)10-12-13-11(21-10)20-8-4-3-6(15(18)19)5-7(8)9(16)17/h3-5H,1-2H3,(H,16,17). The van der Waals surface area contributed by atoms with Crippen molar-refractivity contribution in [3.8, 4) is 0 Å². The maximum Gasteiger partial charge on any atom is 0.337 e. The molecule has 0 fully saturated rings. The Balaban J connectivity index is 2.34. The molecule has 2 rings (SSSR count). The van der Waals surface area contributed by atoms with Gasteiger partial charge < -0.3 is 10.0 Å². The van der Waals surface area contributed by atoms with E-state index in [1.165, 1.54) is 23.5 Å². The molecule has 1 heterocycles. The quantitative estimate of drug-likeness (QED) is 0.658. The highest BCUT2D eigenvalue weighted by atomic mass is 32.2. The molecule has 0 amide bonds. The number of benzene rings is 1. The van der Waals surface area contributed by atoms with Gasteiger partial charge >= 0.3 is 5.97 Å². The van der Waals surface area contributed by atoms with E-state index in [1.54, 1.807) is 4.90 Å². The third-order valence-electron chi connectivity index (χ3n) is 2.38. The van der Waals surface area contributed by atoms with Crippen LogP contribution in [0.3, 0.4) is 0 Å². The molecule has 110 valence electrons. The van der Waals surface area contributed by atoms with Gasteiger partial charge in [0.05, 0.1) is 10.5 Å². The van der Waals surface area contributed by atoms with E-state index in [0.717, 1.165) is 17.8 Å². The third-order valence-corrected chi connectivity index (χ3v) is 4.60. The topological polar surface area (TPSA) is 109 Å². The Labute approximate surface area is 127 Å². The number of carboxylic acid groups (broad SMARTS) is 1. The summed E-state index contributed by atoms with van der Waals surface area (Å²) in [5.74, 6) is -1.22. The number of nitro benzene ring substituents is 1. The lowest BCUT2D eigenvalue weighted by molar-refractivity contribution is -0.384. The van der Waals surface area contributed by atoms with E-state index in [2.05, 4.69) is 10.2 Å². The van der Waals surface area contributed by atoms with Crippen LogP contribution in [-0.4, -0.2) is 40.3 Å². The zero-order chi connectivity index (χ0) is 15.6. The Hall–Kier alpha value is -2.20. The van der Waals surface area contributed by atoms with E-state index in [1.807, 2.05) is 14.1 Å². The fourth-order valence-corrected chi connectivity index (χ4v) is 3.23. The summed E-state index contributed by atoms with van der Waals surface area (Å²) in [6, 6.07) is 3.71. The largest absolute Gasteiger partial charge is 0.478 e. The van der Waals surface area contributed by atoms with Crippen molar-refractivity contribution < 1.29 is 14.8 Å². The van der Waals surface area contributed by atoms with Crippen LogP contribution < -0.4 is 4.90 Å². The normalized spacial score (nSPS) is 10.4. The minimum atomic E-state index is -1.22. The molecule has 0 unspecified atom stereocenters. The highest BCUT2D eigenvalue weighted by Gasteiger charge is 2.18. The van der Waals surface area contributed by atoms with Crippen LogP contribution in [0, 0.1) is 10.1 Å². The van der Waals surface area contributed by atoms with Crippen molar-refractivity contribution in [2.75, 3.05) is 19.0 Å². The minimum absolute atomic E-state index is 0.129. The lowest BCUT2D eigenvalue weighted by Crippen LogP contribution is -2.07. The Morgan fingerprint density at radius 1 is 1.43 bits per heavy atom. The van der Waals surface area contributed by atoms with Crippen molar-refractivity contribution in [3.63, 3.8) is 0 Å². The molecule has 0 aliphatic heterocycles. The van der Waals surface area contributed by atoms with Crippen LogP contribution >= 0.6 is 23.1 Å². The van der Waals surface area contributed by atoms with Gasteiger partial charge in [-0.05, 0) is 6.07 Å². The Morgan fingerprint density at radius 2 is 2.14 bits per heavy atom. The molecular formula is C11H10N4O4S2. The minimum Gasteiger partial charge on any atom is -0.478 e. The van der Waals surface area contributed by atoms with Crippen LogP contribution in [-0.2, 0) is 0 Å². The van der Waals surface area contributed by atoms with Crippen molar-refractivity contribution in [3.05, 3.63) is 33.9 Å². The van der Waals surface area contributed by atoms with Crippen molar-refractivity contribution in [2.45, 2.75) is 9.24 Å². The average Bonchev–Trinajstić information content (AvgIpc) is 2.87. The summed E-state index contributed by atoms with van der Waals surface area (Å²) >= 11 is 2.42. The molecular weight excluding hydrogens is 316 g/mol. The second-order valence-corrected chi connectivity index (χ2v) is 6.33. The highest BCUT2D eigenvalue weighted by Crippen LogP contribution is 2.35. The van der Waals surface area contributed by atoms with E-state index in [-0.39, 0.29) is 11.3 Å². The number of carbonyl (C=O) groups is 1. The van der Waals surface area contributed by atoms with Gasteiger partial charge in [0.2, 0.25) is 5.13 Å². The van der Waals surface area contributed by atoms with Crippen LogP contribution in [0.2, 0.25) is 0 Å². The van der Waals surface area contributed by atoms with E-state index < -0.39 is 10.9 Å². The number of non-ortho nitro benzene ring substituents is 1. The molecule has 1 N–H and O–H groups in total. The monoisotopic (exact) mass is 326 g/mol. The maximum absolute atomic E-state index is 11.2. The van der Waals surface area contributed by atoms with Gasteiger partial charge in [0.1, 0.15) is 0 Å². The van der Waals surface area contributed by atoms with Crippen LogP contribution in [0.1, 0.15) is 10.4 Å². The van der Waals surface area contributed by atoms with Gasteiger partial charge in [0, 0.05) is 31.1 Å². The number of nitro groups is 1. The number of aromatic nitrogens is 2. The molecule has 0 saturated heterocycles. The summed E-state index contributed by atoms with van der Waals surface area (Å²) in [7, 11) is 3.65. The van der Waals surface area contributed by atoms with E-state index in [4.69, 9.17) is 5.11 Å². The first-order valence-electron chi connectivity index (χ1n) is 5.59. The summed E-state index contributed by atoms with van der Waals surface area (Å²) < 4.78 is 0.565. The van der Waals surface area contributed by atoms with Crippen molar-refractivity contribution in [1.29, 1.82) is 0 Å². The van der Waals surface area contributed by atoms with Gasteiger partial charge in [-0.2, -0.15) is 0 Å². The van der Waals surface area contributed by atoms with Crippen molar-refractivity contribution in [2.24, 2.45) is 0 Å². The molecule has 21 heavy (non-hydrogen) atoms. The molecule has 8 nitrogen and oxygen atoms in total. The van der Waals surface area contributed by atoms with E-state index in [9.17, 15) is 14.9 Å². The number of hydrogen-bond donors (Lipinski definition) is 1. The fraction of sp³-hybridized carbons (Fsp3) is 0.182. The number of carboxylic acids is 1. The van der Waals surface area contributed by atoms with Gasteiger partial charge in [0.15, 0.2) is 4.34 Å². The summed E-state index contributed by atoms with van der Waals surface area (Å²) in [6.45, 7) is 0. The highest BCUT2D eigenvalue weighted by molar-refractivity contribution is 8.01. The number of rotatable bonds is 5. The molecule has 1 aromatic heterocycles. The van der Waals surface area contributed by atoms with E-state index in [0.29, 0.717) is 14.4 Å². The van der Waals surface area contributed by atoms with Gasteiger partial charge in [-0.1, -0.05) is 23.1 Å². The van der Waals surface area contributed by atoms with Crippen LogP contribution in [0.25, 0.3) is 0 Å². The number of nitrogens with zero attached hydrogens (tertiary/aromatic N) is 4. The molecule has 0 bridgehead atoms. The molecule has 0 aliphatic carbocycles. The molecule has 0 aliphatic rings. The smallest absolute Gasteiger partial charge is 0.337 e. The van der Waals surface area contributed by atoms with E-state index >= 15 is 0 Å². The number of aromatic carboxylic acids is 1. The zero-order valence-electron chi connectivity index (χ0n) is 11.0. The van der Waals surface area contributed by atoms with Crippen molar-refractivity contribution >= 4 is 39.9 Å². The van der Waals surface area contributed by atoms with Gasteiger partial charge in [0.25, 0.3) is 5.69 Å². The van der Waals surface area contributed by atoms with Crippen LogP contribution in [0.4, 0.5) is 10.8 Å². The molecule has 1 aromatic carbocycles.